The van der Waals surface area contributed by atoms with Gasteiger partial charge in [0.05, 0.1) is 24.8 Å². The Bertz CT molecular complexity index is 1200. The number of hydrogen-bond donors (Lipinski definition) is 0. The van der Waals surface area contributed by atoms with E-state index in [9.17, 15) is 14.0 Å². The number of aromatic nitrogens is 3. The van der Waals surface area contributed by atoms with Crippen LogP contribution in [0.1, 0.15) is 28.8 Å². The van der Waals surface area contributed by atoms with Gasteiger partial charge in [0.25, 0.3) is 0 Å². The molecule has 7 nitrogen and oxygen atoms in total. The van der Waals surface area contributed by atoms with Gasteiger partial charge in [0.1, 0.15) is 5.82 Å². The predicted octanol–water partition coefficient (Wildman–Crippen LogP) is 3.76. The lowest BCUT2D eigenvalue weighted by molar-refractivity contribution is -0.117. The molecule has 0 aliphatic carbocycles. The molecule has 0 radical (unpaired) electrons. The Balaban J connectivity index is 1.35. The van der Waals surface area contributed by atoms with Crippen molar-refractivity contribution in [2.75, 3.05) is 24.3 Å². The van der Waals surface area contributed by atoms with Crippen molar-refractivity contribution in [3.8, 4) is 11.4 Å². The minimum Gasteiger partial charge on any atom is -0.376 e. The van der Waals surface area contributed by atoms with Crippen LogP contribution in [-0.2, 0) is 22.5 Å². The Morgan fingerprint density at radius 1 is 1.21 bits per heavy atom. The van der Waals surface area contributed by atoms with E-state index in [-0.39, 0.29) is 29.4 Å². The van der Waals surface area contributed by atoms with Crippen molar-refractivity contribution in [2.45, 2.75) is 37.1 Å². The predicted molar refractivity (Wildman–Crippen MR) is 123 cm³/mol. The Hall–Kier alpha value is -3.04. The highest BCUT2D eigenvalue weighted by atomic mass is 32.2. The number of amides is 1. The number of ketones is 1. The second kappa shape index (κ2) is 9.07. The van der Waals surface area contributed by atoms with Gasteiger partial charge < -0.3 is 9.64 Å². The summed E-state index contributed by atoms with van der Waals surface area (Å²) in [6.07, 6.45) is 2.33. The quantitative estimate of drug-likeness (QED) is 0.390. The lowest BCUT2D eigenvalue weighted by Gasteiger charge is -2.14. The third kappa shape index (κ3) is 4.43. The summed E-state index contributed by atoms with van der Waals surface area (Å²) in [6.45, 7) is 1.30. The highest BCUT2D eigenvalue weighted by Crippen LogP contribution is 2.30. The molecule has 3 aromatic rings. The molecule has 33 heavy (non-hydrogen) atoms. The monoisotopic (exact) mass is 466 g/mol. The Kier molecular flexibility index (Phi) is 5.99. The molecule has 0 bridgehead atoms. The molecule has 1 saturated heterocycles. The summed E-state index contributed by atoms with van der Waals surface area (Å²) in [5.41, 5.74) is 3.06. The number of anilines is 1. The molecule has 3 heterocycles. The van der Waals surface area contributed by atoms with Crippen LogP contribution in [0, 0.1) is 5.82 Å². The summed E-state index contributed by atoms with van der Waals surface area (Å²) >= 11 is 1.32. The van der Waals surface area contributed by atoms with Gasteiger partial charge in [-0.1, -0.05) is 11.8 Å². The van der Waals surface area contributed by atoms with E-state index in [2.05, 4.69) is 10.2 Å². The molecule has 1 amide bonds. The van der Waals surface area contributed by atoms with Crippen LogP contribution in [0.5, 0.6) is 0 Å². The highest BCUT2D eigenvalue weighted by molar-refractivity contribution is 7.99. The summed E-state index contributed by atoms with van der Waals surface area (Å²) < 4.78 is 21.2. The number of halogens is 1. The highest BCUT2D eigenvalue weighted by Gasteiger charge is 2.26. The van der Waals surface area contributed by atoms with Gasteiger partial charge in [-0.15, -0.1) is 10.2 Å². The molecule has 2 aliphatic rings. The molecule has 1 unspecified atom stereocenters. The van der Waals surface area contributed by atoms with Crippen molar-refractivity contribution in [3.63, 3.8) is 0 Å². The number of Topliss-reactive ketones (excluding diaryl/α,β-unsaturated/α-hetero) is 1. The van der Waals surface area contributed by atoms with Crippen molar-refractivity contribution in [2.24, 2.45) is 0 Å². The number of nitrogens with zero attached hydrogens (tertiary/aromatic N) is 4. The van der Waals surface area contributed by atoms with E-state index < -0.39 is 0 Å². The first-order valence-corrected chi connectivity index (χ1v) is 11.8. The fraction of sp³-hybridized carbons (Fsp3) is 0.333. The van der Waals surface area contributed by atoms with E-state index in [1.54, 1.807) is 36.2 Å². The van der Waals surface area contributed by atoms with Crippen LogP contribution < -0.4 is 4.90 Å². The summed E-state index contributed by atoms with van der Waals surface area (Å²) in [7, 11) is 1.74. The molecule has 5 rings (SSSR count). The number of fused-ring (bicyclic) bond motifs is 1. The molecular formula is C24H23FN4O3S. The van der Waals surface area contributed by atoms with Crippen LogP contribution >= 0.6 is 11.8 Å². The zero-order chi connectivity index (χ0) is 22.9. The number of ether oxygens (including phenoxy) is 1. The second-order valence-corrected chi connectivity index (χ2v) is 9.19. The van der Waals surface area contributed by atoms with Gasteiger partial charge in [0.2, 0.25) is 5.91 Å². The minimum atomic E-state index is -0.314. The van der Waals surface area contributed by atoms with Gasteiger partial charge in [-0.05, 0) is 60.9 Å². The van der Waals surface area contributed by atoms with Gasteiger partial charge in [-0.2, -0.15) is 0 Å². The molecule has 2 aliphatic heterocycles. The molecule has 2 aromatic carbocycles. The molecule has 0 spiro atoms. The Morgan fingerprint density at radius 3 is 2.79 bits per heavy atom. The number of carbonyl (C=O) groups excluding carboxylic acids is 2. The van der Waals surface area contributed by atoms with Crippen LogP contribution in [0.4, 0.5) is 10.1 Å². The SMILES string of the molecule is CN1C(=O)Cc2cc(C(=O)CSc3nnc(-c4ccc(F)cc4)n3CC3CCCO3)ccc21. The summed E-state index contributed by atoms with van der Waals surface area (Å²) in [5.74, 6) is 0.487. The summed E-state index contributed by atoms with van der Waals surface area (Å²) in [4.78, 5) is 26.5. The number of rotatable bonds is 7. The molecule has 1 atom stereocenters. The summed E-state index contributed by atoms with van der Waals surface area (Å²) in [6, 6.07) is 11.5. The van der Waals surface area contributed by atoms with Gasteiger partial charge in [0.15, 0.2) is 16.8 Å². The maximum atomic E-state index is 13.4. The zero-order valence-electron chi connectivity index (χ0n) is 18.2. The third-order valence-corrected chi connectivity index (χ3v) is 7.01. The molecule has 0 N–H and O–H groups in total. The summed E-state index contributed by atoms with van der Waals surface area (Å²) in [5, 5.41) is 9.28. The minimum absolute atomic E-state index is 0.0273. The van der Waals surface area contributed by atoms with E-state index in [1.165, 1.54) is 23.9 Å². The van der Waals surface area contributed by atoms with Gasteiger partial charge in [-0.25, -0.2) is 4.39 Å². The number of benzene rings is 2. The van der Waals surface area contributed by atoms with Crippen LogP contribution in [0.3, 0.4) is 0 Å². The van der Waals surface area contributed by atoms with Gasteiger partial charge >= 0.3 is 0 Å². The second-order valence-electron chi connectivity index (χ2n) is 8.24. The third-order valence-electron chi connectivity index (χ3n) is 6.04. The van der Waals surface area contributed by atoms with Gasteiger partial charge in [0, 0.05) is 30.5 Å². The van der Waals surface area contributed by atoms with Crippen LogP contribution in [0.25, 0.3) is 11.4 Å². The molecule has 1 aromatic heterocycles. The molecule has 9 heteroatoms. The average Bonchev–Trinajstić information content (AvgIpc) is 3.54. The number of hydrogen-bond acceptors (Lipinski definition) is 6. The first-order chi connectivity index (χ1) is 16.0. The number of likely N-dealkylation sites (N-methyl/N-ethyl adjacent to an activating group) is 1. The van der Waals surface area contributed by atoms with E-state index in [4.69, 9.17) is 4.74 Å². The van der Waals surface area contributed by atoms with E-state index in [0.29, 0.717) is 29.5 Å². The lowest BCUT2D eigenvalue weighted by Crippen LogP contribution is -2.20. The Labute approximate surface area is 194 Å². The van der Waals surface area contributed by atoms with E-state index >= 15 is 0 Å². The number of thioether (sulfide) groups is 1. The standard InChI is InChI=1S/C24H23FN4O3S/c1-28-20-9-6-16(11-17(20)12-22(28)31)21(30)14-33-24-27-26-23(15-4-7-18(25)8-5-15)29(24)13-19-3-2-10-32-19/h4-9,11,19H,2-3,10,12-14H2,1H3. The van der Waals surface area contributed by atoms with Crippen LogP contribution in [0.15, 0.2) is 47.6 Å². The fourth-order valence-electron chi connectivity index (χ4n) is 4.22. The zero-order valence-corrected chi connectivity index (χ0v) is 19.0. The van der Waals surface area contributed by atoms with Crippen molar-refractivity contribution in [3.05, 3.63) is 59.4 Å². The molecule has 1 fully saturated rings. The van der Waals surface area contributed by atoms with Crippen molar-refractivity contribution < 1.29 is 18.7 Å². The van der Waals surface area contributed by atoms with Crippen molar-refractivity contribution in [1.29, 1.82) is 0 Å². The van der Waals surface area contributed by atoms with E-state index in [1.807, 2.05) is 10.6 Å². The van der Waals surface area contributed by atoms with Crippen molar-refractivity contribution >= 4 is 29.1 Å². The molecular weight excluding hydrogens is 443 g/mol. The van der Waals surface area contributed by atoms with Crippen LogP contribution in [-0.4, -0.2) is 52.0 Å². The smallest absolute Gasteiger partial charge is 0.231 e. The normalized spacial score (nSPS) is 17.6. The Morgan fingerprint density at radius 2 is 2.03 bits per heavy atom. The first kappa shape index (κ1) is 21.8. The van der Waals surface area contributed by atoms with E-state index in [0.717, 1.165) is 36.3 Å². The number of carbonyl (C=O) groups is 2. The molecule has 170 valence electrons. The van der Waals surface area contributed by atoms with Crippen molar-refractivity contribution in [1.82, 2.24) is 14.8 Å². The van der Waals surface area contributed by atoms with Crippen LogP contribution in [0.2, 0.25) is 0 Å². The molecule has 0 saturated carbocycles. The fourth-order valence-corrected chi connectivity index (χ4v) is 5.06. The lowest BCUT2D eigenvalue weighted by atomic mass is 10.1. The maximum absolute atomic E-state index is 13.4. The average molecular weight is 467 g/mol. The topological polar surface area (TPSA) is 77.3 Å². The largest absolute Gasteiger partial charge is 0.376 e. The van der Waals surface area contributed by atoms with Gasteiger partial charge in [-0.3, -0.25) is 14.2 Å². The maximum Gasteiger partial charge on any atom is 0.231 e. The first-order valence-electron chi connectivity index (χ1n) is 10.9.